The van der Waals surface area contributed by atoms with E-state index >= 15 is 0 Å². The third-order valence-corrected chi connectivity index (χ3v) is 8.52. The van der Waals surface area contributed by atoms with E-state index in [2.05, 4.69) is 0 Å². The van der Waals surface area contributed by atoms with Crippen molar-refractivity contribution >= 4 is 0 Å². The monoisotopic (exact) mass is 662 g/mol. The first kappa shape index (κ1) is 37.0. The zero-order valence-corrected chi connectivity index (χ0v) is 24.0. The van der Waals surface area contributed by atoms with Crippen LogP contribution in [-0.4, -0.2) is 200 Å². The number of aliphatic hydroxyl groups excluding tert-OH is 10. The Labute approximate surface area is 256 Å². The largest absolute Gasteiger partial charge is 0.394 e. The number of hydrogen-bond acceptors (Lipinski definition) is 21. The lowest BCUT2D eigenvalue weighted by Crippen LogP contribution is -2.70. The predicted molar refractivity (Wildman–Crippen MR) is 142 cm³/mol. The van der Waals surface area contributed by atoms with Crippen LogP contribution in [0.4, 0.5) is 0 Å². The predicted octanol–water partition coefficient (Wildman–Crippen LogP) is -9.88. The second-order valence-corrected chi connectivity index (χ2v) is 11.5. The number of hydrogen-bond donors (Lipinski definition) is 14. The van der Waals surface area contributed by atoms with Gasteiger partial charge in [0.1, 0.15) is 73.2 Å². The lowest BCUT2D eigenvalue weighted by molar-refractivity contribution is -0.358. The van der Waals surface area contributed by atoms with E-state index in [9.17, 15) is 51.1 Å². The van der Waals surface area contributed by atoms with Gasteiger partial charge < -0.3 is 107 Å². The van der Waals surface area contributed by atoms with Crippen LogP contribution in [-0.2, 0) is 33.2 Å². The van der Waals surface area contributed by atoms with Gasteiger partial charge in [-0.15, -0.1) is 0 Å². The first-order chi connectivity index (χ1) is 21.3. The van der Waals surface area contributed by atoms with Crippen molar-refractivity contribution < 1.29 is 84.2 Å². The maximum atomic E-state index is 11.1. The van der Waals surface area contributed by atoms with Crippen molar-refractivity contribution in [3.63, 3.8) is 0 Å². The van der Waals surface area contributed by atoms with E-state index in [1.807, 2.05) is 0 Å². The molecule has 0 radical (unpaired) electrons. The van der Waals surface area contributed by atoms with Crippen LogP contribution in [0.15, 0.2) is 0 Å². The summed E-state index contributed by atoms with van der Waals surface area (Å²) in [5, 5.41) is 102. The molecule has 0 spiro atoms. The van der Waals surface area contributed by atoms with Crippen molar-refractivity contribution in [2.45, 2.75) is 123 Å². The Morgan fingerprint density at radius 2 is 0.711 bits per heavy atom. The Morgan fingerprint density at radius 1 is 0.400 bits per heavy atom. The minimum absolute atomic E-state index is 0.688. The molecule has 4 aliphatic heterocycles. The van der Waals surface area contributed by atoms with Gasteiger partial charge in [0.2, 0.25) is 0 Å². The molecule has 4 saturated heterocycles. The summed E-state index contributed by atoms with van der Waals surface area (Å²) in [6.07, 6.45) is -23.5. The van der Waals surface area contributed by atoms with Crippen molar-refractivity contribution in [2.24, 2.45) is 22.9 Å². The minimum atomic E-state index is -1.65. The van der Waals surface area contributed by atoms with Gasteiger partial charge in [0.25, 0.3) is 0 Å². The Balaban J connectivity index is 1.43. The molecule has 4 rings (SSSR count). The van der Waals surface area contributed by atoms with E-state index in [1.54, 1.807) is 0 Å². The molecule has 0 saturated carbocycles. The molecule has 4 heterocycles. The Hall–Kier alpha value is -0.840. The summed E-state index contributed by atoms with van der Waals surface area (Å²) in [5.74, 6) is 0. The quantitative estimate of drug-likeness (QED) is 0.103. The van der Waals surface area contributed by atoms with Crippen molar-refractivity contribution in [1.29, 1.82) is 0 Å². The standard InChI is InChI=1S/C24H46N4O17/c25-9-15(35)18(6(2-30)39-21(9)38)43-23-11(27)17(37)20(8(4-32)41-23)45-24-12(28)16(36)19(7(3-31)42-24)44-22-10(26)14(34)13(33)5(1-29)40-22/h5-24,29-38H,1-4,25-28H2/t5-,6-,7-,8-,9-,10-,11-,12-,13-,14-,15-,16-,17-,18-,19-,20-,21-,22+,23+,24+/m1/s1. The van der Waals surface area contributed by atoms with Gasteiger partial charge in [-0.1, -0.05) is 0 Å². The van der Waals surface area contributed by atoms with Gasteiger partial charge >= 0.3 is 0 Å². The Kier molecular flexibility index (Phi) is 12.8. The zero-order valence-electron chi connectivity index (χ0n) is 24.0. The van der Waals surface area contributed by atoms with Gasteiger partial charge in [0.05, 0.1) is 50.6 Å². The molecule has 0 aromatic heterocycles. The molecule has 0 aromatic carbocycles. The van der Waals surface area contributed by atoms with E-state index in [4.69, 9.17) is 56.1 Å². The molecule has 4 aliphatic rings. The SMILES string of the molecule is N[C@@H]1[C@@H](O)[C@H](O[C@@H]2O[C@H](CO)[C@@H](O[C@@H]3O[C@H](CO)[C@@H](O[C@@H]4O[C@H](CO)[C@@H](O)[C@H](O)[C@H]4N)[C@H](O)[C@H]3N)[C@H](O)[C@H]2N)[C@@H](CO)O[C@H]1O. The molecule has 21 heteroatoms. The lowest BCUT2D eigenvalue weighted by atomic mass is 9.94. The zero-order chi connectivity index (χ0) is 33.3. The van der Waals surface area contributed by atoms with Crippen LogP contribution in [0.5, 0.6) is 0 Å². The van der Waals surface area contributed by atoms with Crippen LogP contribution in [0.1, 0.15) is 0 Å². The molecule has 18 N–H and O–H groups in total. The molecule has 20 atom stereocenters. The average Bonchev–Trinajstić information content (AvgIpc) is 3.03. The van der Waals surface area contributed by atoms with Crippen LogP contribution < -0.4 is 22.9 Å². The summed E-state index contributed by atoms with van der Waals surface area (Å²) >= 11 is 0. The average molecular weight is 663 g/mol. The van der Waals surface area contributed by atoms with Crippen LogP contribution >= 0.6 is 0 Å². The topological polar surface area (TPSA) is 371 Å². The lowest BCUT2D eigenvalue weighted by Gasteiger charge is -2.49. The summed E-state index contributed by atoms with van der Waals surface area (Å²) in [4.78, 5) is 0. The molecular weight excluding hydrogens is 616 g/mol. The summed E-state index contributed by atoms with van der Waals surface area (Å²) in [7, 11) is 0. The molecule has 0 amide bonds. The van der Waals surface area contributed by atoms with Crippen molar-refractivity contribution in [1.82, 2.24) is 0 Å². The summed E-state index contributed by atoms with van der Waals surface area (Å²) in [5.41, 5.74) is 24.0. The second kappa shape index (κ2) is 15.6. The van der Waals surface area contributed by atoms with Gasteiger partial charge in [-0.3, -0.25) is 0 Å². The van der Waals surface area contributed by atoms with Crippen molar-refractivity contribution in [3.05, 3.63) is 0 Å². The molecule has 0 bridgehead atoms. The third kappa shape index (κ3) is 7.44. The maximum Gasteiger partial charge on any atom is 0.176 e. The molecule has 0 unspecified atom stereocenters. The van der Waals surface area contributed by atoms with Crippen molar-refractivity contribution in [3.8, 4) is 0 Å². The summed E-state index contributed by atoms with van der Waals surface area (Å²) in [6.45, 7) is -2.91. The van der Waals surface area contributed by atoms with Crippen LogP contribution in [0.25, 0.3) is 0 Å². The maximum absolute atomic E-state index is 11.1. The minimum Gasteiger partial charge on any atom is -0.394 e. The Morgan fingerprint density at radius 3 is 1.09 bits per heavy atom. The van der Waals surface area contributed by atoms with Gasteiger partial charge in [-0.2, -0.15) is 0 Å². The number of nitrogens with two attached hydrogens (primary N) is 4. The normalized spacial score (nSPS) is 52.9. The summed E-state index contributed by atoms with van der Waals surface area (Å²) in [6, 6.07) is -5.48. The molecule has 0 aromatic rings. The highest BCUT2D eigenvalue weighted by atomic mass is 16.8. The second-order valence-electron chi connectivity index (χ2n) is 11.5. The highest BCUT2D eigenvalue weighted by Gasteiger charge is 2.54. The Bertz CT molecular complexity index is 925. The first-order valence-corrected chi connectivity index (χ1v) is 14.4. The van der Waals surface area contributed by atoms with E-state index in [-0.39, 0.29) is 0 Å². The van der Waals surface area contributed by atoms with Gasteiger partial charge in [0, 0.05) is 0 Å². The van der Waals surface area contributed by atoms with E-state index in [0.29, 0.717) is 0 Å². The van der Waals surface area contributed by atoms with Gasteiger partial charge in [-0.05, 0) is 0 Å². The van der Waals surface area contributed by atoms with E-state index < -0.39 is 149 Å². The first-order valence-electron chi connectivity index (χ1n) is 14.4. The number of ether oxygens (including phenoxy) is 7. The fourth-order valence-corrected chi connectivity index (χ4v) is 5.72. The fourth-order valence-electron chi connectivity index (χ4n) is 5.72. The van der Waals surface area contributed by atoms with Gasteiger partial charge in [-0.25, -0.2) is 0 Å². The van der Waals surface area contributed by atoms with Crippen LogP contribution in [0.2, 0.25) is 0 Å². The van der Waals surface area contributed by atoms with Gasteiger partial charge in [0.15, 0.2) is 25.2 Å². The summed E-state index contributed by atoms with van der Waals surface area (Å²) < 4.78 is 39.2. The van der Waals surface area contributed by atoms with E-state index in [0.717, 1.165) is 0 Å². The van der Waals surface area contributed by atoms with E-state index in [1.165, 1.54) is 0 Å². The third-order valence-electron chi connectivity index (χ3n) is 8.52. The molecule has 0 aliphatic carbocycles. The number of rotatable bonds is 10. The molecule has 21 nitrogen and oxygen atoms in total. The molecular formula is C24H46N4O17. The molecule has 45 heavy (non-hydrogen) atoms. The highest BCUT2D eigenvalue weighted by Crippen LogP contribution is 2.33. The van der Waals surface area contributed by atoms with Crippen LogP contribution in [0, 0.1) is 0 Å². The molecule has 264 valence electrons. The smallest absolute Gasteiger partial charge is 0.176 e. The van der Waals surface area contributed by atoms with Crippen molar-refractivity contribution in [2.75, 3.05) is 26.4 Å². The highest BCUT2D eigenvalue weighted by molar-refractivity contribution is 5.00. The fraction of sp³-hybridized carbons (Fsp3) is 1.00. The van der Waals surface area contributed by atoms with Crippen LogP contribution in [0.3, 0.4) is 0 Å². The number of aliphatic hydroxyl groups is 10. The molecule has 4 fully saturated rings.